The van der Waals surface area contributed by atoms with Gasteiger partial charge in [-0.2, -0.15) is 0 Å². The molecule has 1 N–H and O–H groups in total. The first-order chi connectivity index (χ1) is 5.43. The SMILES string of the molecule is CCCCCCC1NC=CS1. The van der Waals surface area contributed by atoms with Crippen LogP contribution in [0.4, 0.5) is 0 Å². The molecule has 0 aromatic carbocycles. The van der Waals surface area contributed by atoms with Gasteiger partial charge in [-0.3, -0.25) is 0 Å². The van der Waals surface area contributed by atoms with Crippen LogP contribution in [0.1, 0.15) is 39.0 Å². The van der Waals surface area contributed by atoms with E-state index < -0.39 is 0 Å². The van der Waals surface area contributed by atoms with Crippen LogP contribution in [0, 0.1) is 0 Å². The van der Waals surface area contributed by atoms with Crippen molar-refractivity contribution in [1.29, 1.82) is 0 Å². The van der Waals surface area contributed by atoms with Crippen LogP contribution in [0.2, 0.25) is 0 Å². The van der Waals surface area contributed by atoms with E-state index in [1.54, 1.807) is 0 Å². The summed E-state index contributed by atoms with van der Waals surface area (Å²) in [5, 5.41) is 6.13. The third kappa shape index (κ3) is 3.71. The number of nitrogens with one attached hydrogen (secondary N) is 1. The van der Waals surface area contributed by atoms with E-state index in [9.17, 15) is 0 Å². The predicted molar refractivity (Wildman–Crippen MR) is 52.4 cm³/mol. The minimum atomic E-state index is 0.673. The molecule has 0 saturated carbocycles. The lowest BCUT2D eigenvalue weighted by Gasteiger charge is -2.08. The normalized spacial score (nSPS) is 22.1. The summed E-state index contributed by atoms with van der Waals surface area (Å²) in [6.45, 7) is 2.25. The molecule has 0 radical (unpaired) electrons. The van der Waals surface area contributed by atoms with Crippen molar-refractivity contribution < 1.29 is 0 Å². The molecule has 0 fully saturated rings. The maximum absolute atomic E-state index is 3.32. The maximum Gasteiger partial charge on any atom is 0.0758 e. The van der Waals surface area contributed by atoms with Gasteiger partial charge in [-0.25, -0.2) is 0 Å². The Bertz CT molecular complexity index is 115. The van der Waals surface area contributed by atoms with E-state index in [2.05, 4.69) is 23.8 Å². The average Bonchev–Trinajstić information content (AvgIpc) is 2.50. The van der Waals surface area contributed by atoms with Crippen molar-refractivity contribution in [2.75, 3.05) is 0 Å². The minimum absolute atomic E-state index is 0.673. The first-order valence-corrected chi connectivity index (χ1v) is 5.44. The van der Waals surface area contributed by atoms with Gasteiger partial charge in [-0.05, 0) is 11.8 Å². The molecule has 1 atom stereocenters. The van der Waals surface area contributed by atoms with E-state index in [-0.39, 0.29) is 0 Å². The van der Waals surface area contributed by atoms with Gasteiger partial charge >= 0.3 is 0 Å². The smallest absolute Gasteiger partial charge is 0.0758 e. The molecule has 11 heavy (non-hydrogen) atoms. The Kier molecular flexibility index (Phi) is 4.51. The van der Waals surface area contributed by atoms with Crippen LogP contribution >= 0.6 is 11.8 Å². The van der Waals surface area contributed by atoms with Crippen LogP contribution in [-0.2, 0) is 0 Å². The summed E-state index contributed by atoms with van der Waals surface area (Å²) in [6.07, 6.45) is 8.87. The molecule has 0 amide bonds. The molecule has 64 valence electrons. The van der Waals surface area contributed by atoms with Crippen molar-refractivity contribution in [1.82, 2.24) is 5.32 Å². The third-order valence-corrected chi connectivity index (χ3v) is 2.91. The van der Waals surface area contributed by atoms with Gasteiger partial charge in [0.15, 0.2) is 0 Å². The van der Waals surface area contributed by atoms with Gasteiger partial charge in [0.25, 0.3) is 0 Å². The third-order valence-electron chi connectivity index (χ3n) is 1.91. The van der Waals surface area contributed by atoms with Crippen LogP contribution in [0.15, 0.2) is 11.6 Å². The van der Waals surface area contributed by atoms with Crippen molar-refractivity contribution >= 4 is 11.8 Å². The molecule has 1 heterocycles. The highest BCUT2D eigenvalue weighted by molar-refractivity contribution is 8.02. The fraction of sp³-hybridized carbons (Fsp3) is 0.778. The predicted octanol–water partition coefficient (Wildman–Crippen LogP) is 3.09. The number of unbranched alkanes of at least 4 members (excludes halogenated alkanes) is 3. The highest BCUT2D eigenvalue weighted by Gasteiger charge is 2.07. The summed E-state index contributed by atoms with van der Waals surface area (Å²) in [5.41, 5.74) is 0. The summed E-state index contributed by atoms with van der Waals surface area (Å²) in [6, 6.07) is 0. The van der Waals surface area contributed by atoms with Crippen molar-refractivity contribution in [3.05, 3.63) is 11.6 Å². The summed E-state index contributed by atoms with van der Waals surface area (Å²) in [4.78, 5) is 0. The number of rotatable bonds is 5. The average molecular weight is 171 g/mol. The van der Waals surface area contributed by atoms with Crippen LogP contribution in [0.5, 0.6) is 0 Å². The van der Waals surface area contributed by atoms with Gasteiger partial charge in [0.2, 0.25) is 0 Å². The zero-order chi connectivity index (χ0) is 7.94. The summed E-state index contributed by atoms with van der Waals surface area (Å²) < 4.78 is 0. The van der Waals surface area contributed by atoms with Gasteiger partial charge < -0.3 is 5.32 Å². The highest BCUT2D eigenvalue weighted by atomic mass is 32.2. The Hall–Kier alpha value is -0.110. The van der Waals surface area contributed by atoms with E-state index in [1.165, 1.54) is 32.1 Å². The van der Waals surface area contributed by atoms with Crippen LogP contribution in [-0.4, -0.2) is 5.37 Å². The number of hydrogen-bond donors (Lipinski definition) is 1. The zero-order valence-electron chi connectivity index (χ0n) is 7.18. The highest BCUT2D eigenvalue weighted by Crippen LogP contribution is 2.20. The topological polar surface area (TPSA) is 12.0 Å². The Labute approximate surface area is 73.6 Å². The molecule has 2 heteroatoms. The van der Waals surface area contributed by atoms with Gasteiger partial charge in [0.05, 0.1) is 5.37 Å². The van der Waals surface area contributed by atoms with Gasteiger partial charge in [0, 0.05) is 6.20 Å². The van der Waals surface area contributed by atoms with E-state index >= 15 is 0 Å². The standard InChI is InChI=1S/C9H17NS/c1-2-3-4-5-6-9-10-7-8-11-9/h7-10H,2-6H2,1H3. The second-order valence-electron chi connectivity index (χ2n) is 2.94. The fourth-order valence-corrected chi connectivity index (χ4v) is 2.03. The molecular formula is C9H17NS. The van der Waals surface area contributed by atoms with E-state index in [1.807, 2.05) is 11.8 Å². The molecule has 1 aliphatic heterocycles. The number of thioether (sulfide) groups is 1. The van der Waals surface area contributed by atoms with Crippen molar-refractivity contribution in [3.63, 3.8) is 0 Å². The number of hydrogen-bond acceptors (Lipinski definition) is 2. The molecule has 0 aromatic heterocycles. The lowest BCUT2D eigenvalue weighted by atomic mass is 10.1. The quantitative estimate of drug-likeness (QED) is 0.638. The molecule has 1 nitrogen and oxygen atoms in total. The van der Waals surface area contributed by atoms with Gasteiger partial charge in [-0.1, -0.05) is 32.6 Å². The van der Waals surface area contributed by atoms with Crippen LogP contribution in [0.25, 0.3) is 0 Å². The molecule has 1 aliphatic rings. The fourth-order valence-electron chi connectivity index (χ4n) is 1.23. The van der Waals surface area contributed by atoms with Crippen LogP contribution in [0.3, 0.4) is 0 Å². The molecule has 1 rings (SSSR count). The Morgan fingerprint density at radius 3 is 2.91 bits per heavy atom. The minimum Gasteiger partial charge on any atom is -0.378 e. The molecule has 0 bridgehead atoms. The summed E-state index contributed by atoms with van der Waals surface area (Å²) in [7, 11) is 0. The molecule has 0 aromatic rings. The summed E-state index contributed by atoms with van der Waals surface area (Å²) >= 11 is 1.91. The maximum atomic E-state index is 3.32. The Morgan fingerprint density at radius 1 is 1.36 bits per heavy atom. The molecule has 1 unspecified atom stereocenters. The monoisotopic (exact) mass is 171 g/mol. The van der Waals surface area contributed by atoms with E-state index in [0.29, 0.717) is 5.37 Å². The molecule has 0 saturated heterocycles. The van der Waals surface area contributed by atoms with E-state index in [4.69, 9.17) is 0 Å². The van der Waals surface area contributed by atoms with Crippen molar-refractivity contribution in [2.24, 2.45) is 0 Å². The van der Waals surface area contributed by atoms with Gasteiger partial charge in [-0.15, -0.1) is 11.8 Å². The zero-order valence-corrected chi connectivity index (χ0v) is 7.99. The molecule has 0 aliphatic carbocycles. The lowest BCUT2D eigenvalue weighted by molar-refractivity contribution is 0.601. The Balaban J connectivity index is 1.87. The molecular weight excluding hydrogens is 154 g/mol. The Morgan fingerprint density at radius 2 is 2.27 bits per heavy atom. The first-order valence-electron chi connectivity index (χ1n) is 4.50. The van der Waals surface area contributed by atoms with Crippen molar-refractivity contribution in [2.45, 2.75) is 44.4 Å². The lowest BCUT2D eigenvalue weighted by Crippen LogP contribution is -2.15. The largest absolute Gasteiger partial charge is 0.378 e. The van der Waals surface area contributed by atoms with Crippen LogP contribution < -0.4 is 5.32 Å². The summed E-state index contributed by atoms with van der Waals surface area (Å²) in [5.74, 6) is 0. The van der Waals surface area contributed by atoms with E-state index in [0.717, 1.165) is 0 Å². The second kappa shape index (κ2) is 5.53. The molecule has 0 spiro atoms. The van der Waals surface area contributed by atoms with Gasteiger partial charge in [0.1, 0.15) is 0 Å². The second-order valence-corrected chi connectivity index (χ2v) is 4.06. The first kappa shape index (κ1) is 8.98. The van der Waals surface area contributed by atoms with Crippen molar-refractivity contribution in [3.8, 4) is 0 Å².